The van der Waals surface area contributed by atoms with E-state index in [9.17, 15) is 18.3 Å². The van der Waals surface area contributed by atoms with E-state index in [0.717, 1.165) is 30.5 Å². The number of carbonyl (C=O) groups excluding carboxylic acids is 1. The van der Waals surface area contributed by atoms with Crippen LogP contribution in [0.5, 0.6) is 0 Å². The summed E-state index contributed by atoms with van der Waals surface area (Å²) in [6, 6.07) is 17.7. The van der Waals surface area contributed by atoms with Crippen LogP contribution in [-0.4, -0.2) is 78.7 Å². The Hall–Kier alpha value is -2.98. The minimum Gasteiger partial charge on any atom is -0.464 e. The summed E-state index contributed by atoms with van der Waals surface area (Å²) in [4.78, 5) is 14.4. The summed E-state index contributed by atoms with van der Waals surface area (Å²) in [7, 11) is -1.01. The number of aryl methyl sites for hydroxylation is 1. The highest BCUT2D eigenvalue weighted by atomic mass is 32.2. The predicted molar refractivity (Wildman–Crippen MR) is 150 cm³/mol. The van der Waals surface area contributed by atoms with E-state index in [2.05, 4.69) is 61.2 Å². The van der Waals surface area contributed by atoms with Crippen LogP contribution in [0.15, 0.2) is 59.6 Å². The van der Waals surface area contributed by atoms with E-state index in [1.807, 2.05) is 0 Å². The molecule has 0 spiro atoms. The molecule has 0 saturated carbocycles. The van der Waals surface area contributed by atoms with E-state index in [0.29, 0.717) is 13.1 Å². The number of methoxy groups -OCH3 is 1. The number of aliphatic hydroxyl groups is 1. The highest BCUT2D eigenvalue weighted by Gasteiger charge is 2.50. The molecule has 0 radical (unpaired) electrons. The Kier molecular flexibility index (Phi) is 7.70. The molecule has 2 aliphatic rings. The van der Waals surface area contributed by atoms with Crippen LogP contribution in [-0.2, 0) is 21.8 Å². The second-order valence-electron chi connectivity index (χ2n) is 10.6. The van der Waals surface area contributed by atoms with Crippen molar-refractivity contribution in [1.29, 1.82) is 0 Å². The number of carbonyl (C=O) groups is 1. The number of hydrogen-bond donors (Lipinski definition) is 1. The minimum absolute atomic E-state index is 0.0116. The molecule has 3 aromatic rings. The monoisotopic (exact) mass is 551 g/mol. The average molecular weight is 552 g/mol. The second kappa shape index (κ2) is 10.9. The van der Waals surface area contributed by atoms with Crippen molar-refractivity contribution in [3.05, 3.63) is 77.0 Å². The molecule has 2 fully saturated rings. The largest absolute Gasteiger partial charge is 0.464 e. The van der Waals surface area contributed by atoms with Crippen LogP contribution >= 0.6 is 0 Å². The Morgan fingerprint density at radius 3 is 2.44 bits per heavy atom. The topological polar surface area (TPSA) is 92.1 Å². The minimum atomic E-state index is -3.86. The lowest BCUT2D eigenvalue weighted by Gasteiger charge is -2.57. The Morgan fingerprint density at radius 1 is 1.03 bits per heavy atom. The van der Waals surface area contributed by atoms with Gasteiger partial charge in [0, 0.05) is 38.1 Å². The number of hydrogen-bond acceptors (Lipinski definition) is 6. The van der Waals surface area contributed by atoms with Gasteiger partial charge in [0.05, 0.1) is 13.7 Å². The van der Waals surface area contributed by atoms with Gasteiger partial charge in [-0.05, 0) is 73.2 Å². The maximum atomic E-state index is 13.8. The standard InChI is InChI=1S/C30H37N3O5S/c1-20-8-7-9-24(21(20)2)22-10-12-23(13-11-22)29-26-18-32(16-5-6-17-33(26)27(29)19-34)39(36,37)28-15-14-25(31(28)3)30(35)38-4/h7-15,26-27,29,34H,5-6,16-19H2,1-4H3/t26-,27+,29?/m0/s1. The van der Waals surface area contributed by atoms with Crippen molar-refractivity contribution in [3.8, 4) is 11.1 Å². The summed E-state index contributed by atoms with van der Waals surface area (Å²) >= 11 is 0. The number of sulfonamides is 1. The predicted octanol–water partition coefficient (Wildman–Crippen LogP) is 3.71. The number of aromatic nitrogens is 1. The van der Waals surface area contributed by atoms with Crippen molar-refractivity contribution < 1.29 is 23.1 Å². The first-order valence-corrected chi connectivity index (χ1v) is 14.9. The Labute approximate surface area is 230 Å². The fourth-order valence-corrected chi connectivity index (χ4v) is 7.94. The average Bonchev–Trinajstić information content (AvgIpc) is 3.31. The van der Waals surface area contributed by atoms with Crippen LogP contribution in [0.25, 0.3) is 11.1 Å². The van der Waals surface area contributed by atoms with Gasteiger partial charge in [-0.3, -0.25) is 4.90 Å². The lowest BCUT2D eigenvalue weighted by molar-refractivity contribution is -0.0554. The van der Waals surface area contributed by atoms with E-state index in [1.165, 1.54) is 40.5 Å². The first kappa shape index (κ1) is 27.6. The summed E-state index contributed by atoms with van der Waals surface area (Å²) < 4.78 is 35.4. The fraction of sp³-hybridized carbons (Fsp3) is 0.433. The van der Waals surface area contributed by atoms with E-state index in [4.69, 9.17) is 4.74 Å². The number of fused-ring (bicyclic) bond motifs is 1. The molecule has 208 valence electrons. The van der Waals surface area contributed by atoms with Gasteiger partial charge in [0.2, 0.25) is 0 Å². The molecule has 2 aliphatic heterocycles. The molecule has 1 unspecified atom stereocenters. The van der Waals surface area contributed by atoms with Crippen LogP contribution in [0.4, 0.5) is 0 Å². The lowest BCUT2D eigenvalue weighted by atomic mass is 9.74. The molecule has 0 aliphatic carbocycles. The molecule has 3 atom stereocenters. The number of ether oxygens (including phenoxy) is 1. The molecule has 39 heavy (non-hydrogen) atoms. The molecule has 1 aromatic heterocycles. The first-order valence-electron chi connectivity index (χ1n) is 13.5. The molecule has 5 rings (SSSR count). The van der Waals surface area contributed by atoms with Gasteiger partial charge in [-0.15, -0.1) is 0 Å². The number of aliphatic hydroxyl groups excluding tert-OH is 1. The number of benzene rings is 2. The molecule has 0 bridgehead atoms. The molecule has 2 aromatic carbocycles. The van der Waals surface area contributed by atoms with Gasteiger partial charge >= 0.3 is 5.97 Å². The number of nitrogens with zero attached hydrogens (tertiary/aromatic N) is 3. The molecule has 2 saturated heterocycles. The van der Waals surface area contributed by atoms with Crippen molar-refractivity contribution in [2.45, 2.75) is 49.7 Å². The van der Waals surface area contributed by atoms with Crippen LogP contribution < -0.4 is 0 Å². The highest BCUT2D eigenvalue weighted by molar-refractivity contribution is 7.89. The van der Waals surface area contributed by atoms with E-state index in [1.54, 1.807) is 11.4 Å². The van der Waals surface area contributed by atoms with Gasteiger partial charge in [0.25, 0.3) is 10.0 Å². The van der Waals surface area contributed by atoms with E-state index >= 15 is 0 Å². The molecular formula is C30H37N3O5S. The molecular weight excluding hydrogens is 514 g/mol. The molecule has 0 amide bonds. The molecule has 8 nitrogen and oxygen atoms in total. The van der Waals surface area contributed by atoms with E-state index < -0.39 is 16.0 Å². The van der Waals surface area contributed by atoms with Crippen molar-refractivity contribution in [2.24, 2.45) is 7.05 Å². The highest BCUT2D eigenvalue weighted by Crippen LogP contribution is 2.43. The normalized spacial score (nSPS) is 22.4. The number of esters is 1. The summed E-state index contributed by atoms with van der Waals surface area (Å²) in [6.45, 7) is 5.83. The second-order valence-corrected chi connectivity index (χ2v) is 12.5. The van der Waals surface area contributed by atoms with Gasteiger partial charge < -0.3 is 14.4 Å². The zero-order chi connectivity index (χ0) is 27.9. The summed E-state index contributed by atoms with van der Waals surface area (Å²) in [5.41, 5.74) is 6.14. The smallest absolute Gasteiger partial charge is 0.354 e. The van der Waals surface area contributed by atoms with Crippen LogP contribution in [0.3, 0.4) is 0 Å². The van der Waals surface area contributed by atoms with E-state index in [-0.39, 0.29) is 35.3 Å². The van der Waals surface area contributed by atoms with Crippen molar-refractivity contribution in [1.82, 2.24) is 13.8 Å². The maximum Gasteiger partial charge on any atom is 0.354 e. The van der Waals surface area contributed by atoms with Crippen LogP contribution in [0.2, 0.25) is 0 Å². The fourth-order valence-electron chi connectivity index (χ4n) is 6.27. The van der Waals surface area contributed by atoms with Crippen LogP contribution in [0, 0.1) is 13.8 Å². The van der Waals surface area contributed by atoms with Crippen molar-refractivity contribution in [3.63, 3.8) is 0 Å². The van der Waals surface area contributed by atoms with Gasteiger partial charge in [0.15, 0.2) is 5.03 Å². The molecule has 1 N–H and O–H groups in total. The third kappa shape index (κ3) is 4.82. The van der Waals surface area contributed by atoms with Gasteiger partial charge in [-0.25, -0.2) is 13.2 Å². The van der Waals surface area contributed by atoms with Gasteiger partial charge in [-0.1, -0.05) is 42.5 Å². The third-order valence-electron chi connectivity index (χ3n) is 8.62. The summed E-state index contributed by atoms with van der Waals surface area (Å²) in [5, 5.41) is 10.4. The maximum absolute atomic E-state index is 13.8. The van der Waals surface area contributed by atoms with Crippen molar-refractivity contribution in [2.75, 3.05) is 33.4 Å². The molecule has 9 heteroatoms. The Balaban J connectivity index is 1.44. The van der Waals surface area contributed by atoms with Crippen LogP contribution in [0.1, 0.15) is 45.9 Å². The third-order valence-corrected chi connectivity index (χ3v) is 10.6. The number of rotatable bonds is 6. The SMILES string of the molecule is COC(=O)c1ccc(S(=O)(=O)N2CCCCN3[C@H](CO)C(c4ccc(-c5cccc(C)c5C)cc4)[C@@H]3C2)n1C. The molecule has 3 heterocycles. The Morgan fingerprint density at radius 2 is 1.74 bits per heavy atom. The quantitative estimate of drug-likeness (QED) is 0.470. The van der Waals surface area contributed by atoms with Crippen molar-refractivity contribution >= 4 is 16.0 Å². The zero-order valence-electron chi connectivity index (χ0n) is 23.0. The Bertz CT molecular complexity index is 1460. The summed E-state index contributed by atoms with van der Waals surface area (Å²) in [5.74, 6) is -0.565. The lowest BCUT2D eigenvalue weighted by Crippen LogP contribution is -2.67. The van der Waals surface area contributed by atoms with Gasteiger partial charge in [-0.2, -0.15) is 4.31 Å². The summed E-state index contributed by atoms with van der Waals surface area (Å²) in [6.07, 6.45) is 1.57. The zero-order valence-corrected chi connectivity index (χ0v) is 23.8. The first-order chi connectivity index (χ1) is 18.7. The van der Waals surface area contributed by atoms with Gasteiger partial charge in [0.1, 0.15) is 5.69 Å².